The first-order valence-corrected chi connectivity index (χ1v) is 4.98. The Kier molecular flexibility index (Phi) is 6.59. The molecule has 0 aromatic heterocycles. The van der Waals surface area contributed by atoms with Gasteiger partial charge < -0.3 is 9.84 Å². The van der Waals surface area contributed by atoms with Gasteiger partial charge in [0.15, 0.2) is 0 Å². The van der Waals surface area contributed by atoms with Crippen LogP contribution in [0.3, 0.4) is 0 Å². The van der Waals surface area contributed by atoms with Crippen LogP contribution in [0.2, 0.25) is 0 Å². The smallest absolute Gasteiger partial charge is 0.311 e. The Bertz CT molecular complexity index is 143. The summed E-state index contributed by atoms with van der Waals surface area (Å²) in [5.41, 5.74) is 0. The molecular formula is C10H20O3. The van der Waals surface area contributed by atoms with Crippen molar-refractivity contribution in [3.05, 3.63) is 0 Å². The highest BCUT2D eigenvalue weighted by atomic mass is 16.5. The van der Waals surface area contributed by atoms with Gasteiger partial charge in [-0.15, -0.1) is 0 Å². The number of esters is 1. The first-order chi connectivity index (χ1) is 6.13. The Balaban J connectivity index is 3.96. The van der Waals surface area contributed by atoms with Crippen molar-refractivity contribution in [1.29, 1.82) is 0 Å². The van der Waals surface area contributed by atoms with Crippen LogP contribution in [0.25, 0.3) is 0 Å². The lowest BCUT2D eigenvalue weighted by Crippen LogP contribution is -2.27. The van der Waals surface area contributed by atoms with Crippen LogP contribution >= 0.6 is 0 Å². The normalized spacial score (nSPS) is 15.1. The summed E-state index contributed by atoms with van der Waals surface area (Å²) >= 11 is 0. The van der Waals surface area contributed by atoms with Gasteiger partial charge in [0.25, 0.3) is 0 Å². The Morgan fingerprint density at radius 2 is 2.00 bits per heavy atom. The molecule has 0 unspecified atom stereocenters. The van der Waals surface area contributed by atoms with Gasteiger partial charge in [0, 0.05) is 0 Å². The van der Waals surface area contributed by atoms with Crippen molar-refractivity contribution in [2.75, 3.05) is 6.61 Å². The van der Waals surface area contributed by atoms with Gasteiger partial charge in [0.2, 0.25) is 0 Å². The van der Waals surface area contributed by atoms with Crippen molar-refractivity contribution >= 4 is 5.97 Å². The zero-order valence-corrected chi connectivity index (χ0v) is 8.75. The summed E-state index contributed by atoms with van der Waals surface area (Å²) in [6.07, 6.45) is 1.80. The van der Waals surface area contributed by atoms with E-state index >= 15 is 0 Å². The van der Waals surface area contributed by atoms with Crippen LogP contribution in [0.4, 0.5) is 0 Å². The topological polar surface area (TPSA) is 46.5 Å². The number of aliphatic hydroxyl groups excluding tert-OH is 1. The maximum Gasteiger partial charge on any atom is 0.311 e. The van der Waals surface area contributed by atoms with Crippen LogP contribution in [0, 0.1) is 5.92 Å². The standard InChI is InChI=1S/C10H20O3/c1-4-6-9(8(3)11)10(12)13-7-5-2/h8-9,11H,4-7H2,1-3H3/t8-,9+/m0/s1. The lowest BCUT2D eigenvalue weighted by atomic mass is 9.98. The molecule has 1 N–H and O–H groups in total. The molecule has 0 aromatic rings. The summed E-state index contributed by atoms with van der Waals surface area (Å²) in [5, 5.41) is 9.31. The first kappa shape index (κ1) is 12.4. The molecule has 13 heavy (non-hydrogen) atoms. The summed E-state index contributed by atoms with van der Waals surface area (Å²) < 4.78 is 4.97. The van der Waals surface area contributed by atoms with Crippen molar-refractivity contribution in [3.63, 3.8) is 0 Å². The Labute approximate surface area is 80.1 Å². The van der Waals surface area contributed by atoms with Crippen LogP contribution in [0.1, 0.15) is 40.0 Å². The number of ether oxygens (including phenoxy) is 1. The van der Waals surface area contributed by atoms with E-state index in [1.807, 2.05) is 13.8 Å². The molecule has 0 aromatic carbocycles. The third-order valence-corrected chi connectivity index (χ3v) is 1.93. The first-order valence-electron chi connectivity index (χ1n) is 4.98. The fourth-order valence-corrected chi connectivity index (χ4v) is 1.18. The van der Waals surface area contributed by atoms with Crippen LogP contribution in [-0.4, -0.2) is 23.8 Å². The lowest BCUT2D eigenvalue weighted by molar-refractivity contribution is -0.152. The van der Waals surface area contributed by atoms with E-state index in [4.69, 9.17) is 4.74 Å². The number of carbonyl (C=O) groups is 1. The van der Waals surface area contributed by atoms with Crippen LogP contribution in [0.5, 0.6) is 0 Å². The van der Waals surface area contributed by atoms with E-state index in [1.165, 1.54) is 0 Å². The molecule has 78 valence electrons. The molecule has 0 saturated carbocycles. The minimum atomic E-state index is -0.607. The van der Waals surface area contributed by atoms with Gasteiger partial charge in [-0.3, -0.25) is 4.79 Å². The van der Waals surface area contributed by atoms with E-state index in [0.717, 1.165) is 12.8 Å². The Morgan fingerprint density at radius 3 is 2.38 bits per heavy atom. The highest BCUT2D eigenvalue weighted by Gasteiger charge is 2.23. The zero-order valence-electron chi connectivity index (χ0n) is 8.75. The molecule has 3 heteroatoms. The van der Waals surface area contributed by atoms with Crippen molar-refractivity contribution in [3.8, 4) is 0 Å². The van der Waals surface area contributed by atoms with E-state index < -0.39 is 6.10 Å². The average molecular weight is 188 g/mol. The second kappa shape index (κ2) is 6.89. The molecule has 3 nitrogen and oxygen atoms in total. The summed E-state index contributed by atoms with van der Waals surface area (Å²) in [4.78, 5) is 11.4. The number of hydrogen-bond acceptors (Lipinski definition) is 3. The number of hydrogen-bond donors (Lipinski definition) is 1. The maximum absolute atomic E-state index is 11.4. The zero-order chi connectivity index (χ0) is 10.3. The van der Waals surface area contributed by atoms with E-state index in [2.05, 4.69) is 0 Å². The van der Waals surface area contributed by atoms with Gasteiger partial charge in [0.1, 0.15) is 0 Å². The molecule has 0 fully saturated rings. The fraction of sp³-hybridized carbons (Fsp3) is 0.900. The third kappa shape index (κ3) is 4.88. The second-order valence-corrected chi connectivity index (χ2v) is 3.30. The van der Waals surface area contributed by atoms with Crippen molar-refractivity contribution in [2.24, 2.45) is 5.92 Å². The number of aliphatic hydroxyl groups is 1. The van der Waals surface area contributed by atoms with Gasteiger partial charge >= 0.3 is 5.97 Å². The van der Waals surface area contributed by atoms with E-state index in [9.17, 15) is 9.90 Å². The molecule has 0 amide bonds. The summed E-state index contributed by atoms with van der Waals surface area (Å²) in [5.74, 6) is -0.616. The molecular weight excluding hydrogens is 168 g/mol. The molecule has 0 rings (SSSR count). The quantitative estimate of drug-likeness (QED) is 0.646. The van der Waals surface area contributed by atoms with Crippen molar-refractivity contribution < 1.29 is 14.6 Å². The van der Waals surface area contributed by atoms with Gasteiger partial charge in [-0.1, -0.05) is 20.3 Å². The van der Waals surface area contributed by atoms with Crippen LogP contribution in [-0.2, 0) is 9.53 Å². The molecule has 0 aliphatic carbocycles. The van der Waals surface area contributed by atoms with Gasteiger partial charge in [0.05, 0.1) is 18.6 Å². The largest absolute Gasteiger partial charge is 0.465 e. The predicted molar refractivity (Wildman–Crippen MR) is 51.3 cm³/mol. The van der Waals surface area contributed by atoms with Gasteiger partial charge in [-0.25, -0.2) is 0 Å². The molecule has 0 radical (unpaired) electrons. The van der Waals surface area contributed by atoms with Crippen molar-refractivity contribution in [2.45, 2.75) is 46.1 Å². The summed E-state index contributed by atoms with van der Waals surface area (Å²) in [7, 11) is 0. The van der Waals surface area contributed by atoms with Gasteiger partial charge in [-0.05, 0) is 19.8 Å². The Hall–Kier alpha value is -0.570. The predicted octanol–water partition coefficient (Wildman–Crippen LogP) is 1.74. The molecule has 0 aliphatic rings. The number of carbonyl (C=O) groups excluding carboxylic acids is 1. The van der Waals surface area contributed by atoms with E-state index in [0.29, 0.717) is 13.0 Å². The third-order valence-electron chi connectivity index (χ3n) is 1.93. The Morgan fingerprint density at radius 1 is 1.38 bits per heavy atom. The highest BCUT2D eigenvalue weighted by Crippen LogP contribution is 2.13. The number of rotatable bonds is 6. The summed E-state index contributed by atoms with van der Waals surface area (Å²) in [6, 6.07) is 0. The minimum Gasteiger partial charge on any atom is -0.465 e. The van der Waals surface area contributed by atoms with Gasteiger partial charge in [-0.2, -0.15) is 0 Å². The molecule has 0 aliphatic heterocycles. The van der Waals surface area contributed by atoms with Crippen LogP contribution < -0.4 is 0 Å². The fourth-order valence-electron chi connectivity index (χ4n) is 1.18. The van der Waals surface area contributed by atoms with E-state index in [-0.39, 0.29) is 11.9 Å². The monoisotopic (exact) mass is 188 g/mol. The average Bonchev–Trinajstić information content (AvgIpc) is 2.09. The minimum absolute atomic E-state index is 0.265. The molecule has 0 heterocycles. The van der Waals surface area contributed by atoms with Crippen molar-refractivity contribution in [1.82, 2.24) is 0 Å². The SMILES string of the molecule is CCCOC(=O)[C@H](CCC)[C@H](C)O. The van der Waals surface area contributed by atoms with E-state index in [1.54, 1.807) is 6.92 Å². The second-order valence-electron chi connectivity index (χ2n) is 3.30. The molecule has 2 atom stereocenters. The van der Waals surface area contributed by atoms with Crippen LogP contribution in [0.15, 0.2) is 0 Å². The highest BCUT2D eigenvalue weighted by molar-refractivity contribution is 5.72. The molecule has 0 bridgehead atoms. The molecule has 0 spiro atoms. The maximum atomic E-state index is 11.4. The lowest BCUT2D eigenvalue weighted by Gasteiger charge is -2.17. The molecule has 0 saturated heterocycles. The summed E-state index contributed by atoms with van der Waals surface area (Å²) in [6.45, 7) is 6.02.